The predicted molar refractivity (Wildman–Crippen MR) is 62.0 cm³/mol. The molecule has 6 nitrogen and oxygen atoms in total. The Labute approximate surface area is 99.6 Å². The van der Waals surface area contributed by atoms with Crippen molar-refractivity contribution in [2.45, 2.75) is 18.7 Å². The van der Waals surface area contributed by atoms with E-state index in [0.29, 0.717) is 16.9 Å². The summed E-state index contributed by atoms with van der Waals surface area (Å²) in [7, 11) is -3.74. The van der Waals surface area contributed by atoms with Gasteiger partial charge in [0.2, 0.25) is 10.0 Å². The van der Waals surface area contributed by atoms with Gasteiger partial charge in [0.15, 0.2) is 6.61 Å². The first-order valence-corrected chi connectivity index (χ1v) is 6.31. The lowest BCUT2D eigenvalue weighted by Gasteiger charge is -2.12. The molecular formula is C10H14N2O4S. The highest BCUT2D eigenvalue weighted by Crippen LogP contribution is 2.26. The number of carbonyl (C=O) groups is 1. The van der Waals surface area contributed by atoms with E-state index in [-0.39, 0.29) is 11.5 Å². The lowest BCUT2D eigenvalue weighted by Crippen LogP contribution is -2.21. The van der Waals surface area contributed by atoms with Crippen LogP contribution in [0.15, 0.2) is 17.0 Å². The standard InChI is InChI=1S/C10H14N2O4S/c1-6-3-8(17(12,14)15)4-7(2)10(6)16-5-9(11)13/h3-4H,5H2,1-2H3,(H2,11,13)(H2,12,14,15). The summed E-state index contributed by atoms with van der Waals surface area (Å²) >= 11 is 0. The van der Waals surface area contributed by atoms with E-state index in [9.17, 15) is 13.2 Å². The van der Waals surface area contributed by atoms with Gasteiger partial charge in [-0.15, -0.1) is 0 Å². The second-order valence-electron chi connectivity index (χ2n) is 3.69. The molecule has 0 saturated heterocycles. The zero-order valence-corrected chi connectivity index (χ0v) is 10.4. The molecule has 7 heteroatoms. The van der Waals surface area contributed by atoms with Gasteiger partial charge in [0.1, 0.15) is 5.75 Å². The highest BCUT2D eigenvalue weighted by molar-refractivity contribution is 7.89. The average molecular weight is 258 g/mol. The van der Waals surface area contributed by atoms with Crippen molar-refractivity contribution < 1.29 is 17.9 Å². The van der Waals surface area contributed by atoms with Gasteiger partial charge in [0, 0.05) is 0 Å². The van der Waals surface area contributed by atoms with Gasteiger partial charge in [0.25, 0.3) is 5.91 Å². The number of primary amides is 1. The fraction of sp³-hybridized carbons (Fsp3) is 0.300. The van der Waals surface area contributed by atoms with Gasteiger partial charge in [-0.3, -0.25) is 4.79 Å². The number of aryl methyl sites for hydroxylation is 2. The maximum Gasteiger partial charge on any atom is 0.255 e. The summed E-state index contributed by atoms with van der Waals surface area (Å²) in [5, 5.41) is 5.02. The molecule has 17 heavy (non-hydrogen) atoms. The molecule has 0 radical (unpaired) electrons. The molecule has 0 aliphatic carbocycles. The van der Waals surface area contributed by atoms with Crippen LogP contribution < -0.4 is 15.6 Å². The van der Waals surface area contributed by atoms with Crippen LogP contribution >= 0.6 is 0 Å². The van der Waals surface area contributed by atoms with Crippen LogP contribution in [-0.4, -0.2) is 20.9 Å². The zero-order valence-electron chi connectivity index (χ0n) is 9.56. The predicted octanol–water partition coefficient (Wildman–Crippen LogP) is -0.185. The molecule has 0 aliphatic heterocycles. The summed E-state index contributed by atoms with van der Waals surface area (Å²) in [6.07, 6.45) is 0. The van der Waals surface area contributed by atoms with E-state index >= 15 is 0 Å². The highest BCUT2D eigenvalue weighted by Gasteiger charge is 2.13. The van der Waals surface area contributed by atoms with Crippen molar-refractivity contribution >= 4 is 15.9 Å². The Bertz CT molecular complexity index is 528. The number of hydrogen-bond donors (Lipinski definition) is 2. The Balaban J connectivity index is 3.15. The summed E-state index contributed by atoms with van der Waals surface area (Å²) < 4.78 is 27.5. The molecule has 0 atom stereocenters. The molecule has 1 rings (SSSR count). The Kier molecular flexibility index (Phi) is 3.74. The molecule has 4 N–H and O–H groups in total. The van der Waals surface area contributed by atoms with Crippen LogP contribution in [0.2, 0.25) is 0 Å². The largest absolute Gasteiger partial charge is 0.483 e. The molecule has 1 aromatic carbocycles. The number of nitrogens with two attached hydrogens (primary N) is 2. The van der Waals surface area contributed by atoms with Crippen LogP contribution in [-0.2, 0) is 14.8 Å². The lowest BCUT2D eigenvalue weighted by molar-refractivity contribution is -0.119. The van der Waals surface area contributed by atoms with Crippen LogP contribution in [0.1, 0.15) is 11.1 Å². The van der Waals surface area contributed by atoms with E-state index < -0.39 is 15.9 Å². The van der Waals surface area contributed by atoms with E-state index in [4.69, 9.17) is 15.6 Å². The molecule has 0 spiro atoms. The van der Waals surface area contributed by atoms with E-state index in [1.165, 1.54) is 12.1 Å². The van der Waals surface area contributed by atoms with Crippen LogP contribution in [0.25, 0.3) is 0 Å². The van der Waals surface area contributed by atoms with Crippen LogP contribution in [0.5, 0.6) is 5.75 Å². The Hall–Kier alpha value is -1.60. The van der Waals surface area contributed by atoms with Crippen molar-refractivity contribution in [1.29, 1.82) is 0 Å². The quantitative estimate of drug-likeness (QED) is 0.779. The highest BCUT2D eigenvalue weighted by atomic mass is 32.2. The summed E-state index contributed by atoms with van der Waals surface area (Å²) in [6.45, 7) is 3.08. The number of primary sulfonamides is 1. The smallest absolute Gasteiger partial charge is 0.255 e. The Morgan fingerprint density at radius 2 is 1.76 bits per heavy atom. The van der Waals surface area contributed by atoms with Crippen molar-refractivity contribution in [1.82, 2.24) is 0 Å². The summed E-state index contributed by atoms with van der Waals surface area (Å²) in [5.74, 6) is -0.157. The molecule has 0 heterocycles. The Morgan fingerprint density at radius 1 is 1.29 bits per heavy atom. The molecule has 0 bridgehead atoms. The first-order valence-electron chi connectivity index (χ1n) is 4.77. The first-order chi connectivity index (χ1) is 7.71. The van der Waals surface area contributed by atoms with Crippen molar-refractivity contribution in [3.8, 4) is 5.75 Å². The van der Waals surface area contributed by atoms with E-state index in [1.807, 2.05) is 0 Å². The summed E-state index contributed by atoms with van der Waals surface area (Å²) in [4.78, 5) is 10.6. The number of sulfonamides is 1. The minimum absolute atomic E-state index is 0.0129. The number of carbonyl (C=O) groups excluding carboxylic acids is 1. The third-order valence-electron chi connectivity index (χ3n) is 2.12. The third-order valence-corrected chi connectivity index (χ3v) is 3.01. The summed E-state index contributed by atoms with van der Waals surface area (Å²) in [5.41, 5.74) is 6.12. The van der Waals surface area contributed by atoms with Crippen molar-refractivity contribution in [2.75, 3.05) is 6.61 Å². The molecule has 1 aromatic rings. The molecule has 0 aromatic heterocycles. The third kappa shape index (κ3) is 3.43. The molecule has 0 fully saturated rings. The van der Waals surface area contributed by atoms with Crippen molar-refractivity contribution in [3.63, 3.8) is 0 Å². The number of amides is 1. The van der Waals surface area contributed by atoms with Gasteiger partial charge in [-0.2, -0.15) is 0 Å². The van der Waals surface area contributed by atoms with Gasteiger partial charge in [-0.05, 0) is 37.1 Å². The van der Waals surface area contributed by atoms with Gasteiger partial charge >= 0.3 is 0 Å². The monoisotopic (exact) mass is 258 g/mol. The maximum atomic E-state index is 11.2. The van der Waals surface area contributed by atoms with E-state index in [2.05, 4.69) is 0 Å². The molecule has 0 aliphatic rings. The minimum Gasteiger partial charge on any atom is -0.483 e. The summed E-state index contributed by atoms with van der Waals surface area (Å²) in [6, 6.07) is 2.78. The molecule has 94 valence electrons. The number of hydrogen-bond acceptors (Lipinski definition) is 4. The van der Waals surface area contributed by atoms with Crippen molar-refractivity contribution in [3.05, 3.63) is 23.3 Å². The number of ether oxygens (including phenoxy) is 1. The second-order valence-corrected chi connectivity index (χ2v) is 5.25. The van der Waals surface area contributed by atoms with Crippen LogP contribution in [0.4, 0.5) is 0 Å². The van der Waals surface area contributed by atoms with E-state index in [1.54, 1.807) is 13.8 Å². The molecular weight excluding hydrogens is 244 g/mol. The first kappa shape index (κ1) is 13.5. The Morgan fingerprint density at radius 3 is 2.12 bits per heavy atom. The fourth-order valence-electron chi connectivity index (χ4n) is 1.45. The fourth-order valence-corrected chi connectivity index (χ4v) is 2.13. The van der Waals surface area contributed by atoms with Gasteiger partial charge in [0.05, 0.1) is 4.90 Å². The van der Waals surface area contributed by atoms with Gasteiger partial charge < -0.3 is 10.5 Å². The number of rotatable bonds is 4. The minimum atomic E-state index is -3.74. The zero-order chi connectivity index (χ0) is 13.2. The van der Waals surface area contributed by atoms with Gasteiger partial charge in [-0.1, -0.05) is 0 Å². The molecule has 0 unspecified atom stereocenters. The lowest BCUT2D eigenvalue weighted by atomic mass is 10.1. The van der Waals surface area contributed by atoms with Crippen LogP contribution in [0.3, 0.4) is 0 Å². The normalized spacial score (nSPS) is 11.2. The van der Waals surface area contributed by atoms with Gasteiger partial charge in [-0.25, -0.2) is 13.6 Å². The molecule has 1 amide bonds. The number of benzene rings is 1. The van der Waals surface area contributed by atoms with E-state index in [0.717, 1.165) is 0 Å². The molecule has 0 saturated carbocycles. The topological polar surface area (TPSA) is 112 Å². The van der Waals surface area contributed by atoms with Crippen molar-refractivity contribution in [2.24, 2.45) is 10.9 Å². The maximum absolute atomic E-state index is 11.2. The SMILES string of the molecule is Cc1cc(S(N)(=O)=O)cc(C)c1OCC(N)=O. The van der Waals surface area contributed by atoms with Crippen LogP contribution in [0, 0.1) is 13.8 Å². The second kappa shape index (κ2) is 4.72. The average Bonchev–Trinajstić information content (AvgIpc) is 2.14.